The van der Waals surface area contributed by atoms with Crippen LogP contribution in [0, 0.1) is 0 Å². The lowest BCUT2D eigenvalue weighted by atomic mass is 9.87. The lowest BCUT2D eigenvalue weighted by Crippen LogP contribution is -2.58. The van der Waals surface area contributed by atoms with Gasteiger partial charge in [-0.1, -0.05) is 12.5 Å². The van der Waals surface area contributed by atoms with Crippen molar-refractivity contribution in [1.82, 2.24) is 9.55 Å². The standard InChI is InChI=1S/C19H25N7O/c1-27-16-6-5-14(12-25-10-9-22-13-25)11-15(16)26-18(21)23-17(20)24-19(26)7-3-2-4-8-19/h5-6,9-11,13H,2-4,7-8,12H2,1H3,(H4,20,21,23,24). The number of aliphatic imine (C=N–C) groups is 2. The van der Waals surface area contributed by atoms with Crippen LogP contribution in [0.2, 0.25) is 0 Å². The number of rotatable bonds is 4. The Hall–Kier alpha value is -3.03. The summed E-state index contributed by atoms with van der Waals surface area (Å²) in [5, 5.41) is 0. The zero-order chi connectivity index (χ0) is 18.9. The Kier molecular flexibility index (Phi) is 4.47. The smallest absolute Gasteiger partial charge is 0.220 e. The molecule has 1 fully saturated rings. The third-order valence-corrected chi connectivity index (χ3v) is 5.26. The van der Waals surface area contributed by atoms with Gasteiger partial charge < -0.3 is 20.8 Å². The second kappa shape index (κ2) is 6.94. The lowest BCUT2D eigenvalue weighted by Gasteiger charge is -2.46. The number of benzene rings is 1. The summed E-state index contributed by atoms with van der Waals surface area (Å²) < 4.78 is 7.67. The molecule has 1 spiro atoms. The van der Waals surface area contributed by atoms with Gasteiger partial charge in [-0.2, -0.15) is 4.99 Å². The summed E-state index contributed by atoms with van der Waals surface area (Å²) in [6, 6.07) is 6.10. The first-order valence-corrected chi connectivity index (χ1v) is 9.24. The third kappa shape index (κ3) is 3.22. The van der Waals surface area contributed by atoms with E-state index in [2.05, 4.69) is 16.0 Å². The fraction of sp³-hybridized carbons (Fsp3) is 0.421. The molecule has 1 aromatic carbocycles. The first-order chi connectivity index (χ1) is 13.1. The molecule has 0 bridgehead atoms. The Morgan fingerprint density at radius 2 is 2.00 bits per heavy atom. The van der Waals surface area contributed by atoms with E-state index in [1.165, 1.54) is 6.42 Å². The number of nitrogens with zero attached hydrogens (tertiary/aromatic N) is 5. The summed E-state index contributed by atoms with van der Waals surface area (Å²) in [6.07, 6.45) is 10.6. The van der Waals surface area contributed by atoms with Crippen molar-refractivity contribution in [3.63, 3.8) is 0 Å². The van der Waals surface area contributed by atoms with Crippen LogP contribution in [0.5, 0.6) is 5.75 Å². The molecule has 8 nitrogen and oxygen atoms in total. The maximum atomic E-state index is 6.36. The van der Waals surface area contributed by atoms with Gasteiger partial charge >= 0.3 is 0 Å². The second-order valence-corrected chi connectivity index (χ2v) is 7.06. The fourth-order valence-corrected chi connectivity index (χ4v) is 4.07. The molecular weight excluding hydrogens is 342 g/mol. The summed E-state index contributed by atoms with van der Waals surface area (Å²) in [5.74, 6) is 1.35. The molecule has 1 saturated carbocycles. The van der Waals surface area contributed by atoms with Crippen LogP contribution in [0.25, 0.3) is 0 Å². The van der Waals surface area contributed by atoms with Crippen LogP contribution in [0.4, 0.5) is 5.69 Å². The van der Waals surface area contributed by atoms with Gasteiger partial charge in [0.2, 0.25) is 11.9 Å². The van der Waals surface area contributed by atoms with E-state index in [1.54, 1.807) is 19.6 Å². The van der Waals surface area contributed by atoms with Crippen molar-refractivity contribution in [3.8, 4) is 5.75 Å². The predicted octanol–water partition coefficient (Wildman–Crippen LogP) is 2.05. The first kappa shape index (κ1) is 17.4. The van der Waals surface area contributed by atoms with Gasteiger partial charge in [0.05, 0.1) is 19.1 Å². The van der Waals surface area contributed by atoms with Gasteiger partial charge in [0, 0.05) is 18.9 Å². The maximum Gasteiger partial charge on any atom is 0.220 e. The lowest BCUT2D eigenvalue weighted by molar-refractivity contribution is 0.303. The van der Waals surface area contributed by atoms with Crippen LogP contribution in [0.1, 0.15) is 37.7 Å². The highest BCUT2D eigenvalue weighted by molar-refractivity contribution is 6.06. The van der Waals surface area contributed by atoms with Crippen molar-refractivity contribution in [2.75, 3.05) is 12.0 Å². The minimum absolute atomic E-state index is 0.249. The van der Waals surface area contributed by atoms with Gasteiger partial charge in [0.15, 0.2) is 0 Å². The van der Waals surface area contributed by atoms with Crippen LogP contribution < -0.4 is 21.1 Å². The quantitative estimate of drug-likeness (QED) is 0.860. The number of nitrogens with two attached hydrogens (primary N) is 2. The van der Waals surface area contributed by atoms with Gasteiger partial charge in [0.25, 0.3) is 0 Å². The van der Waals surface area contributed by atoms with Crippen LogP contribution in [-0.4, -0.2) is 34.2 Å². The molecule has 0 atom stereocenters. The normalized spacial score (nSPS) is 18.9. The molecule has 1 aromatic heterocycles. The Balaban J connectivity index is 1.78. The van der Waals surface area contributed by atoms with E-state index in [1.807, 2.05) is 27.8 Å². The topological polar surface area (TPSA) is 107 Å². The van der Waals surface area contributed by atoms with Crippen LogP contribution >= 0.6 is 0 Å². The SMILES string of the molecule is COc1ccc(Cn2ccnc2)cc1N1C(N)=NC(N)=NC12CCCCC2. The van der Waals surface area contributed by atoms with E-state index >= 15 is 0 Å². The number of hydrogen-bond donors (Lipinski definition) is 2. The van der Waals surface area contributed by atoms with Gasteiger partial charge in [-0.05, 0) is 43.4 Å². The highest BCUT2D eigenvalue weighted by Gasteiger charge is 2.43. The summed E-state index contributed by atoms with van der Waals surface area (Å²) in [6.45, 7) is 0.709. The van der Waals surface area contributed by atoms with E-state index in [4.69, 9.17) is 21.2 Å². The third-order valence-electron chi connectivity index (χ3n) is 5.26. The first-order valence-electron chi connectivity index (χ1n) is 9.24. The van der Waals surface area contributed by atoms with Gasteiger partial charge in [-0.25, -0.2) is 9.98 Å². The molecule has 0 amide bonds. The number of hydrogen-bond acceptors (Lipinski definition) is 7. The number of anilines is 1. The average Bonchev–Trinajstić information content (AvgIpc) is 3.15. The van der Waals surface area contributed by atoms with Gasteiger partial charge in [0.1, 0.15) is 11.4 Å². The maximum absolute atomic E-state index is 6.36. The molecule has 0 saturated heterocycles. The van der Waals surface area contributed by atoms with Crippen molar-refractivity contribution in [2.45, 2.75) is 44.3 Å². The number of ether oxygens (including phenoxy) is 1. The van der Waals surface area contributed by atoms with Crippen molar-refractivity contribution >= 4 is 17.6 Å². The molecule has 2 heterocycles. The molecule has 27 heavy (non-hydrogen) atoms. The molecule has 8 heteroatoms. The molecule has 142 valence electrons. The molecular formula is C19H25N7O. The van der Waals surface area contributed by atoms with E-state index in [0.29, 0.717) is 12.5 Å². The van der Waals surface area contributed by atoms with E-state index in [9.17, 15) is 0 Å². The summed E-state index contributed by atoms with van der Waals surface area (Å²) in [7, 11) is 1.66. The molecule has 2 aliphatic rings. The van der Waals surface area contributed by atoms with E-state index in [-0.39, 0.29) is 5.96 Å². The summed E-state index contributed by atoms with van der Waals surface area (Å²) >= 11 is 0. The second-order valence-electron chi connectivity index (χ2n) is 7.06. The van der Waals surface area contributed by atoms with Crippen LogP contribution in [-0.2, 0) is 6.54 Å². The summed E-state index contributed by atoms with van der Waals surface area (Å²) in [5.41, 5.74) is 13.8. The number of aromatic nitrogens is 2. The van der Waals surface area contributed by atoms with E-state index < -0.39 is 5.66 Å². The van der Waals surface area contributed by atoms with Gasteiger partial charge in [-0.3, -0.25) is 4.90 Å². The highest BCUT2D eigenvalue weighted by atomic mass is 16.5. The Morgan fingerprint density at radius 3 is 2.70 bits per heavy atom. The monoisotopic (exact) mass is 367 g/mol. The molecule has 4 rings (SSSR count). The highest BCUT2D eigenvalue weighted by Crippen LogP contribution is 2.42. The Bertz CT molecular complexity index is 866. The minimum atomic E-state index is -0.491. The largest absolute Gasteiger partial charge is 0.495 e. The average molecular weight is 367 g/mol. The molecule has 1 aliphatic carbocycles. The summed E-state index contributed by atoms with van der Waals surface area (Å²) in [4.78, 5) is 15.1. The number of methoxy groups -OCH3 is 1. The Labute approximate surface area is 158 Å². The zero-order valence-electron chi connectivity index (χ0n) is 15.5. The van der Waals surface area contributed by atoms with Gasteiger partial charge in [-0.15, -0.1) is 0 Å². The zero-order valence-corrected chi connectivity index (χ0v) is 15.5. The molecule has 0 unspecified atom stereocenters. The van der Waals surface area contributed by atoms with Crippen LogP contribution in [0.3, 0.4) is 0 Å². The van der Waals surface area contributed by atoms with E-state index in [0.717, 1.165) is 42.7 Å². The van der Waals surface area contributed by atoms with Crippen LogP contribution in [0.15, 0.2) is 46.9 Å². The van der Waals surface area contributed by atoms with Crippen molar-refractivity contribution < 1.29 is 4.74 Å². The van der Waals surface area contributed by atoms with Crippen molar-refractivity contribution in [3.05, 3.63) is 42.5 Å². The van der Waals surface area contributed by atoms with Crippen molar-refractivity contribution in [1.29, 1.82) is 0 Å². The fourth-order valence-electron chi connectivity index (χ4n) is 4.07. The molecule has 0 radical (unpaired) electrons. The number of guanidine groups is 2. The molecule has 4 N–H and O–H groups in total. The Morgan fingerprint density at radius 1 is 1.19 bits per heavy atom. The molecule has 1 aliphatic heterocycles. The number of imidazole rings is 1. The predicted molar refractivity (Wildman–Crippen MR) is 106 cm³/mol. The van der Waals surface area contributed by atoms with Crippen molar-refractivity contribution in [2.24, 2.45) is 21.5 Å². The molecule has 2 aromatic rings. The minimum Gasteiger partial charge on any atom is -0.495 e.